The molecule has 2 rings (SSSR count). The van der Waals surface area contributed by atoms with E-state index in [1.165, 1.54) is 17.1 Å². The molecule has 0 radical (unpaired) electrons. The maximum Gasteiger partial charge on any atom is 0.281 e. The van der Waals surface area contributed by atoms with Crippen molar-refractivity contribution in [1.29, 1.82) is 0 Å². The normalized spacial score (nSPS) is 22.2. The predicted molar refractivity (Wildman–Crippen MR) is 84.4 cm³/mol. The number of halogens is 1. The van der Waals surface area contributed by atoms with Crippen LogP contribution in [0.25, 0.3) is 0 Å². The maximum absolute atomic E-state index is 12.3. The van der Waals surface area contributed by atoms with Gasteiger partial charge in [-0.25, -0.2) is 0 Å². The standard InChI is InChI=1S/C13H27N3O2S.ClH/c1-11(2)15(3)19(17,18)16-8-6-13(7-9-16)14-10-12-4-5-12;/h11-14H,4-10H2,1-3H3;1H. The van der Waals surface area contributed by atoms with Crippen LogP contribution >= 0.6 is 12.4 Å². The quantitative estimate of drug-likeness (QED) is 0.804. The highest BCUT2D eigenvalue weighted by Crippen LogP contribution is 2.28. The highest BCUT2D eigenvalue weighted by molar-refractivity contribution is 7.86. The summed E-state index contributed by atoms with van der Waals surface area (Å²) in [5, 5.41) is 3.57. The van der Waals surface area contributed by atoms with Gasteiger partial charge in [-0.3, -0.25) is 0 Å². The Morgan fingerprint density at radius 2 is 1.75 bits per heavy atom. The average Bonchev–Trinajstić information content (AvgIpc) is 3.19. The molecule has 1 saturated carbocycles. The van der Waals surface area contributed by atoms with Crippen molar-refractivity contribution in [2.24, 2.45) is 5.92 Å². The van der Waals surface area contributed by atoms with Crippen LogP contribution in [0.5, 0.6) is 0 Å². The Labute approximate surface area is 129 Å². The summed E-state index contributed by atoms with van der Waals surface area (Å²) in [6.45, 7) is 6.20. The minimum atomic E-state index is -3.26. The second-order valence-electron chi connectivity index (χ2n) is 6.14. The second kappa shape index (κ2) is 7.40. The van der Waals surface area contributed by atoms with Gasteiger partial charge in [-0.05, 0) is 52.0 Å². The average molecular weight is 326 g/mol. The van der Waals surface area contributed by atoms with Gasteiger partial charge < -0.3 is 5.32 Å². The molecule has 1 aliphatic carbocycles. The largest absolute Gasteiger partial charge is 0.314 e. The highest BCUT2D eigenvalue weighted by Gasteiger charge is 2.32. The molecule has 0 amide bonds. The monoisotopic (exact) mass is 325 g/mol. The van der Waals surface area contributed by atoms with Gasteiger partial charge in [0.1, 0.15) is 0 Å². The number of nitrogens with one attached hydrogen (secondary N) is 1. The molecule has 1 heterocycles. The Bertz CT molecular complexity index is 390. The lowest BCUT2D eigenvalue weighted by Gasteiger charge is -2.35. The third-order valence-electron chi connectivity index (χ3n) is 4.26. The van der Waals surface area contributed by atoms with Crippen molar-refractivity contribution < 1.29 is 8.42 Å². The first kappa shape index (κ1) is 18.2. The molecule has 0 atom stereocenters. The summed E-state index contributed by atoms with van der Waals surface area (Å²) in [5.41, 5.74) is 0. The van der Waals surface area contributed by atoms with Gasteiger partial charge in [0.15, 0.2) is 0 Å². The zero-order chi connectivity index (χ0) is 14.0. The molecule has 0 aromatic rings. The van der Waals surface area contributed by atoms with Gasteiger partial charge in [0, 0.05) is 32.2 Å². The summed E-state index contributed by atoms with van der Waals surface area (Å²) >= 11 is 0. The number of hydrogen-bond donors (Lipinski definition) is 1. The lowest BCUT2D eigenvalue weighted by atomic mass is 10.1. The molecule has 2 aliphatic rings. The minimum absolute atomic E-state index is 0. The van der Waals surface area contributed by atoms with Crippen molar-refractivity contribution in [3.05, 3.63) is 0 Å². The Morgan fingerprint density at radius 1 is 1.20 bits per heavy atom. The van der Waals surface area contributed by atoms with Crippen molar-refractivity contribution in [3.8, 4) is 0 Å². The summed E-state index contributed by atoms with van der Waals surface area (Å²) in [6, 6.07) is 0.507. The van der Waals surface area contributed by atoms with Crippen LogP contribution in [-0.2, 0) is 10.2 Å². The van der Waals surface area contributed by atoms with E-state index in [0.29, 0.717) is 19.1 Å². The molecule has 2 fully saturated rings. The molecule has 0 unspecified atom stereocenters. The van der Waals surface area contributed by atoms with Crippen molar-refractivity contribution in [2.45, 2.75) is 51.6 Å². The van der Waals surface area contributed by atoms with Crippen molar-refractivity contribution in [3.63, 3.8) is 0 Å². The lowest BCUT2D eigenvalue weighted by Crippen LogP contribution is -2.50. The van der Waals surface area contributed by atoms with E-state index in [0.717, 1.165) is 25.3 Å². The molecule has 1 N–H and O–H groups in total. The molecular formula is C13H28ClN3O2S. The molecular weight excluding hydrogens is 298 g/mol. The maximum atomic E-state index is 12.3. The van der Waals surface area contributed by atoms with Gasteiger partial charge in [-0.2, -0.15) is 17.0 Å². The lowest BCUT2D eigenvalue weighted by molar-refractivity contribution is 0.265. The summed E-state index contributed by atoms with van der Waals surface area (Å²) in [4.78, 5) is 0. The first-order valence-corrected chi connectivity index (χ1v) is 8.77. The summed E-state index contributed by atoms with van der Waals surface area (Å²) in [7, 11) is -1.60. The predicted octanol–water partition coefficient (Wildman–Crippen LogP) is 1.46. The van der Waals surface area contributed by atoms with Crippen LogP contribution in [0.4, 0.5) is 0 Å². The summed E-state index contributed by atoms with van der Waals surface area (Å²) < 4.78 is 27.8. The first-order valence-electron chi connectivity index (χ1n) is 7.37. The fraction of sp³-hybridized carbons (Fsp3) is 1.00. The Balaban J connectivity index is 0.00000200. The molecule has 0 aromatic heterocycles. The Hall–Kier alpha value is 0.120. The molecule has 0 spiro atoms. The molecule has 5 nitrogen and oxygen atoms in total. The van der Waals surface area contributed by atoms with Crippen molar-refractivity contribution >= 4 is 22.6 Å². The van der Waals surface area contributed by atoms with Crippen LogP contribution in [-0.4, -0.2) is 55.8 Å². The third-order valence-corrected chi connectivity index (χ3v) is 6.43. The summed E-state index contributed by atoms with van der Waals surface area (Å²) in [5.74, 6) is 0.883. The van der Waals surface area contributed by atoms with Crippen LogP contribution in [0.3, 0.4) is 0 Å². The fourth-order valence-corrected chi connectivity index (χ4v) is 3.96. The van der Waals surface area contributed by atoms with Gasteiger partial charge in [0.05, 0.1) is 0 Å². The molecule has 1 aliphatic heterocycles. The molecule has 0 aromatic carbocycles. The molecule has 1 saturated heterocycles. The van der Waals surface area contributed by atoms with E-state index in [1.807, 2.05) is 13.8 Å². The van der Waals surface area contributed by atoms with Crippen molar-refractivity contribution in [1.82, 2.24) is 13.9 Å². The van der Waals surface area contributed by atoms with E-state index in [-0.39, 0.29) is 18.4 Å². The van der Waals surface area contributed by atoms with Crippen LogP contribution in [0.1, 0.15) is 39.5 Å². The van der Waals surface area contributed by atoms with E-state index >= 15 is 0 Å². The zero-order valence-electron chi connectivity index (χ0n) is 12.7. The number of piperidine rings is 1. The zero-order valence-corrected chi connectivity index (χ0v) is 14.3. The van der Waals surface area contributed by atoms with E-state index in [2.05, 4.69) is 5.32 Å². The Morgan fingerprint density at radius 3 is 2.20 bits per heavy atom. The fourth-order valence-electron chi connectivity index (χ4n) is 2.39. The SMILES string of the molecule is CC(C)N(C)S(=O)(=O)N1CCC(NCC2CC2)CC1.Cl. The topological polar surface area (TPSA) is 52.7 Å². The molecule has 120 valence electrons. The number of hydrogen-bond acceptors (Lipinski definition) is 3. The number of rotatable bonds is 6. The van der Waals surface area contributed by atoms with E-state index < -0.39 is 10.2 Å². The van der Waals surface area contributed by atoms with E-state index in [4.69, 9.17) is 0 Å². The smallest absolute Gasteiger partial charge is 0.281 e. The van der Waals surface area contributed by atoms with Gasteiger partial charge in [-0.1, -0.05) is 0 Å². The highest BCUT2D eigenvalue weighted by atomic mass is 35.5. The van der Waals surface area contributed by atoms with Crippen LogP contribution in [0.15, 0.2) is 0 Å². The first-order chi connectivity index (χ1) is 8.91. The van der Waals surface area contributed by atoms with Crippen LogP contribution in [0.2, 0.25) is 0 Å². The van der Waals surface area contributed by atoms with E-state index in [9.17, 15) is 8.42 Å². The summed E-state index contributed by atoms with van der Waals surface area (Å²) in [6.07, 6.45) is 4.58. The van der Waals surface area contributed by atoms with Gasteiger partial charge in [-0.15, -0.1) is 12.4 Å². The van der Waals surface area contributed by atoms with Gasteiger partial charge in [0.25, 0.3) is 10.2 Å². The molecule has 7 heteroatoms. The Kier molecular flexibility index (Phi) is 6.73. The molecule has 20 heavy (non-hydrogen) atoms. The van der Waals surface area contributed by atoms with Crippen LogP contribution in [0, 0.1) is 5.92 Å². The second-order valence-corrected chi connectivity index (χ2v) is 8.13. The minimum Gasteiger partial charge on any atom is -0.314 e. The van der Waals surface area contributed by atoms with Crippen LogP contribution < -0.4 is 5.32 Å². The van der Waals surface area contributed by atoms with E-state index in [1.54, 1.807) is 11.4 Å². The number of nitrogens with zero attached hydrogens (tertiary/aromatic N) is 2. The van der Waals surface area contributed by atoms with Gasteiger partial charge >= 0.3 is 0 Å². The van der Waals surface area contributed by atoms with Gasteiger partial charge in [0.2, 0.25) is 0 Å². The molecule has 0 bridgehead atoms. The third kappa shape index (κ3) is 4.56. The van der Waals surface area contributed by atoms with Crippen molar-refractivity contribution in [2.75, 3.05) is 26.7 Å².